The molecule has 0 bridgehead atoms. The molecule has 4 rings (SSSR count). The van der Waals surface area contributed by atoms with Crippen molar-refractivity contribution in [3.8, 4) is 5.75 Å². The summed E-state index contributed by atoms with van der Waals surface area (Å²) in [6.45, 7) is 3.58. The fourth-order valence-corrected chi connectivity index (χ4v) is 4.81. The molecule has 180 valence electrons. The standard InChI is InChI=1S/C25H22ClN3O5S/c1-4-34-24(32)21-14(2)27-25-29(22(21)15-5-11-18(33-3)12-6-15)20(30)13-19(35-25)23(31)28-17-9-7-16(26)8-10-17/h5-13,22H,4H2,1-3H3,(H,28,31). The minimum Gasteiger partial charge on any atom is -0.497 e. The molecule has 0 radical (unpaired) electrons. The number of anilines is 1. The molecule has 2 aliphatic rings. The number of aliphatic imine (C=N–C) groups is 1. The summed E-state index contributed by atoms with van der Waals surface area (Å²) in [7, 11) is 1.56. The smallest absolute Gasteiger partial charge is 0.338 e. The zero-order valence-corrected chi connectivity index (χ0v) is 20.8. The first kappa shape index (κ1) is 24.6. The molecular weight excluding hydrogens is 490 g/mol. The van der Waals surface area contributed by atoms with E-state index in [1.807, 2.05) is 0 Å². The van der Waals surface area contributed by atoms with Crippen molar-refractivity contribution in [2.24, 2.45) is 4.99 Å². The summed E-state index contributed by atoms with van der Waals surface area (Å²) < 4.78 is 10.5. The number of thioether (sulfide) groups is 1. The SMILES string of the molecule is CCOC(=O)C1=C(C)N=C2SC(C(=O)Nc3ccc(Cl)cc3)=CC(=O)N2C1c1ccc(OC)cc1. The molecule has 2 amide bonds. The Bertz CT molecular complexity index is 1270. The van der Waals surface area contributed by atoms with Crippen molar-refractivity contribution in [2.45, 2.75) is 19.9 Å². The highest BCUT2D eigenvalue weighted by Gasteiger charge is 2.42. The van der Waals surface area contributed by atoms with Gasteiger partial charge in [-0.05, 0) is 67.6 Å². The summed E-state index contributed by atoms with van der Waals surface area (Å²) in [6, 6.07) is 12.9. The van der Waals surface area contributed by atoms with E-state index in [1.165, 1.54) is 11.0 Å². The lowest BCUT2D eigenvalue weighted by Crippen LogP contribution is -2.45. The molecule has 0 saturated carbocycles. The average Bonchev–Trinajstić information content (AvgIpc) is 2.84. The molecule has 1 N–H and O–H groups in total. The first-order valence-electron chi connectivity index (χ1n) is 10.7. The van der Waals surface area contributed by atoms with E-state index >= 15 is 0 Å². The van der Waals surface area contributed by atoms with Crippen LogP contribution in [0.15, 0.2) is 75.8 Å². The van der Waals surface area contributed by atoms with E-state index in [4.69, 9.17) is 21.1 Å². The van der Waals surface area contributed by atoms with Crippen molar-refractivity contribution in [2.75, 3.05) is 19.0 Å². The van der Waals surface area contributed by atoms with Crippen molar-refractivity contribution in [3.05, 3.63) is 81.4 Å². The first-order chi connectivity index (χ1) is 16.8. The van der Waals surface area contributed by atoms with Gasteiger partial charge in [0.05, 0.1) is 35.9 Å². The van der Waals surface area contributed by atoms with Gasteiger partial charge in [0.25, 0.3) is 11.8 Å². The molecule has 0 aromatic heterocycles. The third kappa shape index (κ3) is 5.11. The maximum Gasteiger partial charge on any atom is 0.338 e. The van der Waals surface area contributed by atoms with Crippen LogP contribution in [0.4, 0.5) is 5.69 Å². The zero-order valence-electron chi connectivity index (χ0n) is 19.2. The third-order valence-corrected chi connectivity index (χ3v) is 6.58. The van der Waals surface area contributed by atoms with Gasteiger partial charge in [-0.15, -0.1) is 0 Å². The molecule has 10 heteroatoms. The molecular formula is C25H22ClN3O5S. The van der Waals surface area contributed by atoms with E-state index in [-0.39, 0.29) is 17.1 Å². The van der Waals surface area contributed by atoms with E-state index in [2.05, 4.69) is 10.3 Å². The molecule has 35 heavy (non-hydrogen) atoms. The Kier molecular flexibility index (Phi) is 7.28. The van der Waals surface area contributed by atoms with Crippen molar-refractivity contribution in [1.82, 2.24) is 4.90 Å². The molecule has 8 nitrogen and oxygen atoms in total. The lowest BCUT2D eigenvalue weighted by atomic mass is 9.94. The van der Waals surface area contributed by atoms with E-state index in [9.17, 15) is 14.4 Å². The van der Waals surface area contributed by atoms with Gasteiger partial charge in [-0.1, -0.05) is 23.7 Å². The fourth-order valence-electron chi connectivity index (χ4n) is 3.71. The van der Waals surface area contributed by atoms with Crippen LogP contribution < -0.4 is 10.1 Å². The van der Waals surface area contributed by atoms with Crippen LogP contribution in [0.5, 0.6) is 5.75 Å². The number of allylic oxidation sites excluding steroid dienone is 1. The number of nitrogens with zero attached hydrogens (tertiary/aromatic N) is 2. The molecule has 1 unspecified atom stereocenters. The fraction of sp³-hybridized carbons (Fsp3) is 0.200. The summed E-state index contributed by atoms with van der Waals surface area (Å²) >= 11 is 6.96. The van der Waals surface area contributed by atoms with Crippen molar-refractivity contribution >= 4 is 52.0 Å². The lowest BCUT2D eigenvalue weighted by Gasteiger charge is -2.38. The molecule has 2 heterocycles. The largest absolute Gasteiger partial charge is 0.497 e. The molecule has 0 aliphatic carbocycles. The van der Waals surface area contributed by atoms with Crippen LogP contribution >= 0.6 is 23.4 Å². The van der Waals surface area contributed by atoms with Gasteiger partial charge in [-0.25, -0.2) is 9.79 Å². The van der Waals surface area contributed by atoms with Gasteiger partial charge in [0.1, 0.15) is 5.75 Å². The monoisotopic (exact) mass is 511 g/mol. The summed E-state index contributed by atoms with van der Waals surface area (Å²) in [5.41, 5.74) is 1.89. The van der Waals surface area contributed by atoms with E-state index in [0.29, 0.717) is 32.9 Å². The number of rotatable bonds is 6. The van der Waals surface area contributed by atoms with Crippen molar-refractivity contribution < 1.29 is 23.9 Å². The van der Waals surface area contributed by atoms with Crippen molar-refractivity contribution in [3.63, 3.8) is 0 Å². The van der Waals surface area contributed by atoms with Crippen molar-refractivity contribution in [1.29, 1.82) is 0 Å². The summed E-state index contributed by atoms with van der Waals surface area (Å²) in [4.78, 5) is 45.2. The zero-order chi connectivity index (χ0) is 25.1. The Morgan fingerprint density at radius 3 is 2.46 bits per heavy atom. The second-order valence-electron chi connectivity index (χ2n) is 7.57. The molecule has 0 fully saturated rings. The number of esters is 1. The quantitative estimate of drug-likeness (QED) is 0.565. The van der Waals surface area contributed by atoms with Crippen LogP contribution in [-0.2, 0) is 19.1 Å². The van der Waals surface area contributed by atoms with Gasteiger partial charge in [0.15, 0.2) is 5.17 Å². The maximum absolute atomic E-state index is 13.3. The number of hydrogen-bond acceptors (Lipinski definition) is 7. The predicted octanol–water partition coefficient (Wildman–Crippen LogP) is 4.69. The van der Waals surface area contributed by atoms with Crippen LogP contribution in [-0.4, -0.2) is 41.6 Å². The molecule has 1 atom stereocenters. The molecule has 2 aliphatic heterocycles. The number of amidine groups is 1. The number of ether oxygens (including phenoxy) is 2. The summed E-state index contributed by atoms with van der Waals surface area (Å²) in [5.74, 6) is -0.843. The lowest BCUT2D eigenvalue weighted by molar-refractivity contribution is -0.139. The minimum absolute atomic E-state index is 0.180. The first-order valence-corrected chi connectivity index (χ1v) is 11.9. The van der Waals surface area contributed by atoms with Crippen LogP contribution in [0.25, 0.3) is 0 Å². The summed E-state index contributed by atoms with van der Waals surface area (Å²) in [6.07, 6.45) is 1.24. The van der Waals surface area contributed by atoms with E-state index < -0.39 is 23.8 Å². The van der Waals surface area contributed by atoms with Gasteiger partial charge < -0.3 is 14.8 Å². The number of amides is 2. The summed E-state index contributed by atoms with van der Waals surface area (Å²) in [5, 5.41) is 3.59. The van der Waals surface area contributed by atoms with Gasteiger partial charge in [-0.3, -0.25) is 14.5 Å². The van der Waals surface area contributed by atoms with E-state index in [0.717, 1.165) is 11.8 Å². The second kappa shape index (κ2) is 10.4. The molecule has 2 aromatic rings. The number of methoxy groups -OCH3 is 1. The highest BCUT2D eigenvalue weighted by atomic mass is 35.5. The molecule has 0 saturated heterocycles. The van der Waals surface area contributed by atoms with Crippen LogP contribution in [0.2, 0.25) is 5.02 Å². The predicted molar refractivity (Wildman–Crippen MR) is 135 cm³/mol. The Hall–Kier alpha value is -3.56. The van der Waals surface area contributed by atoms with Crippen LogP contribution in [0.1, 0.15) is 25.5 Å². The number of hydrogen-bond donors (Lipinski definition) is 1. The highest BCUT2D eigenvalue weighted by Crippen LogP contribution is 2.42. The Balaban J connectivity index is 1.71. The minimum atomic E-state index is -0.774. The van der Waals surface area contributed by atoms with Crippen LogP contribution in [0, 0.1) is 0 Å². The van der Waals surface area contributed by atoms with E-state index in [1.54, 1.807) is 69.5 Å². The normalized spacial score (nSPS) is 17.3. The molecule has 2 aromatic carbocycles. The number of nitrogens with one attached hydrogen (secondary N) is 1. The van der Waals surface area contributed by atoms with Gasteiger partial charge in [0.2, 0.25) is 0 Å². The van der Waals surface area contributed by atoms with Crippen LogP contribution in [0.3, 0.4) is 0 Å². The third-order valence-electron chi connectivity index (χ3n) is 5.34. The van der Waals surface area contributed by atoms with Gasteiger partial charge in [-0.2, -0.15) is 0 Å². The Morgan fingerprint density at radius 1 is 1.14 bits per heavy atom. The van der Waals surface area contributed by atoms with Gasteiger partial charge in [0, 0.05) is 16.8 Å². The number of halogens is 1. The second-order valence-corrected chi connectivity index (χ2v) is 9.02. The average molecular weight is 512 g/mol. The molecule has 0 spiro atoms. The topological polar surface area (TPSA) is 97.3 Å². The Morgan fingerprint density at radius 2 is 1.83 bits per heavy atom. The number of benzene rings is 2. The maximum atomic E-state index is 13.3. The number of carbonyl (C=O) groups is 3. The Labute approximate surface area is 211 Å². The number of carbonyl (C=O) groups excluding carboxylic acids is 3. The van der Waals surface area contributed by atoms with Gasteiger partial charge >= 0.3 is 5.97 Å². The highest BCUT2D eigenvalue weighted by molar-refractivity contribution is 8.18. The number of fused-ring (bicyclic) bond motifs is 1.